The molecule has 0 saturated carbocycles. The molecule has 0 amide bonds. The Hall–Kier alpha value is -2.67. The van der Waals surface area contributed by atoms with E-state index in [1.165, 1.54) is 12.1 Å². The molecular formula is C16H17ClN4O6S2. The molecule has 2 aromatic rings. The van der Waals surface area contributed by atoms with Crippen LogP contribution in [-0.2, 0) is 26.8 Å². The van der Waals surface area contributed by atoms with Gasteiger partial charge in [-0.1, -0.05) is 17.7 Å². The molecule has 0 aromatic heterocycles. The maximum Gasteiger partial charge on any atom is 0.330 e. The molecule has 1 aliphatic heterocycles. The SMILES string of the molecule is Cc1cc(Cl)cc(Cc2ccc(N3C=C(O)NS3(=O)=O)c(O)c2)c1NS(N)(=O)=O. The summed E-state index contributed by atoms with van der Waals surface area (Å²) < 4.78 is 51.7. The van der Waals surface area contributed by atoms with E-state index in [1.807, 2.05) is 4.72 Å². The van der Waals surface area contributed by atoms with Crippen molar-refractivity contribution in [1.82, 2.24) is 4.72 Å². The molecule has 29 heavy (non-hydrogen) atoms. The second-order valence-corrected chi connectivity index (χ2v) is 9.60. The maximum absolute atomic E-state index is 12.0. The third-order valence-corrected chi connectivity index (χ3v) is 6.02. The molecule has 156 valence electrons. The number of anilines is 2. The average molecular weight is 461 g/mol. The number of hydrogen-bond donors (Lipinski definition) is 5. The van der Waals surface area contributed by atoms with Crippen molar-refractivity contribution >= 4 is 43.4 Å². The van der Waals surface area contributed by atoms with Crippen LogP contribution in [-0.4, -0.2) is 27.0 Å². The second-order valence-electron chi connectivity index (χ2n) is 6.32. The van der Waals surface area contributed by atoms with Gasteiger partial charge in [-0.3, -0.25) is 4.72 Å². The topological polar surface area (TPSA) is 162 Å². The molecule has 0 aliphatic carbocycles. The fourth-order valence-electron chi connectivity index (χ4n) is 2.91. The normalized spacial score (nSPS) is 15.7. The van der Waals surface area contributed by atoms with Crippen LogP contribution in [0.2, 0.25) is 5.02 Å². The predicted molar refractivity (Wildman–Crippen MR) is 109 cm³/mol. The number of benzene rings is 2. The number of rotatable bonds is 5. The zero-order valence-electron chi connectivity index (χ0n) is 14.9. The van der Waals surface area contributed by atoms with Gasteiger partial charge in [0, 0.05) is 5.02 Å². The van der Waals surface area contributed by atoms with Gasteiger partial charge in [-0.15, -0.1) is 0 Å². The zero-order chi connectivity index (χ0) is 21.6. The van der Waals surface area contributed by atoms with Crippen molar-refractivity contribution in [2.45, 2.75) is 13.3 Å². The third-order valence-electron chi connectivity index (χ3n) is 4.03. The van der Waals surface area contributed by atoms with E-state index >= 15 is 0 Å². The van der Waals surface area contributed by atoms with Crippen molar-refractivity contribution in [3.63, 3.8) is 0 Å². The summed E-state index contributed by atoms with van der Waals surface area (Å²) in [6.07, 6.45) is 1.08. The van der Waals surface area contributed by atoms with Crippen LogP contribution in [0.5, 0.6) is 5.75 Å². The Balaban J connectivity index is 1.98. The molecule has 0 saturated heterocycles. The molecule has 1 aliphatic rings. The zero-order valence-corrected chi connectivity index (χ0v) is 17.3. The lowest BCUT2D eigenvalue weighted by molar-refractivity contribution is 0.392. The van der Waals surface area contributed by atoms with E-state index < -0.39 is 26.3 Å². The monoisotopic (exact) mass is 460 g/mol. The van der Waals surface area contributed by atoms with Crippen LogP contribution >= 0.6 is 11.6 Å². The summed E-state index contributed by atoms with van der Waals surface area (Å²) >= 11 is 6.08. The Morgan fingerprint density at radius 2 is 1.93 bits per heavy atom. The summed E-state index contributed by atoms with van der Waals surface area (Å²) in [5.41, 5.74) is 1.79. The van der Waals surface area contributed by atoms with Gasteiger partial charge in [0.1, 0.15) is 11.4 Å². The molecule has 0 spiro atoms. The molecule has 0 bridgehead atoms. The Bertz CT molecular complexity index is 1230. The van der Waals surface area contributed by atoms with E-state index in [0.717, 1.165) is 6.20 Å². The number of aliphatic hydroxyl groups is 1. The Kier molecular flexibility index (Phi) is 5.30. The number of hydrogen-bond acceptors (Lipinski definition) is 6. The quantitative estimate of drug-likeness (QED) is 0.454. The Labute approximate surface area is 172 Å². The summed E-state index contributed by atoms with van der Waals surface area (Å²) in [7, 11) is -8.07. The van der Waals surface area contributed by atoms with Gasteiger partial charge in [0.15, 0.2) is 0 Å². The number of halogens is 1. The number of aromatic hydroxyl groups is 1. The van der Waals surface area contributed by atoms with Crippen LogP contribution in [0, 0.1) is 6.92 Å². The third kappa shape index (κ3) is 4.67. The first-order chi connectivity index (χ1) is 13.4. The van der Waals surface area contributed by atoms with E-state index in [1.54, 1.807) is 25.1 Å². The first-order valence-corrected chi connectivity index (χ1v) is 11.4. The first kappa shape index (κ1) is 21.0. The van der Waals surface area contributed by atoms with E-state index in [0.29, 0.717) is 26.0 Å². The van der Waals surface area contributed by atoms with Gasteiger partial charge in [-0.05, 0) is 54.3 Å². The van der Waals surface area contributed by atoms with Gasteiger partial charge < -0.3 is 10.2 Å². The number of nitrogens with two attached hydrogens (primary N) is 1. The predicted octanol–water partition coefficient (Wildman–Crippen LogP) is 1.57. The second kappa shape index (κ2) is 7.30. The minimum Gasteiger partial charge on any atom is -0.506 e. The van der Waals surface area contributed by atoms with Crippen molar-refractivity contribution in [3.05, 3.63) is 64.1 Å². The number of nitrogens with zero attached hydrogens (tertiary/aromatic N) is 1. The lowest BCUT2D eigenvalue weighted by atomic mass is 10.0. The molecule has 10 nitrogen and oxygen atoms in total. The van der Waals surface area contributed by atoms with Crippen LogP contribution in [0.25, 0.3) is 0 Å². The standard InChI is InChI=1S/C16H17ClN4O6S2/c1-9-4-12(17)7-11(16(9)20-28(18,24)25)5-10-2-3-13(14(22)6-10)21-8-15(23)19-29(21,26)27/h2-4,6-8,19-20,22-23H,5H2,1H3,(H2,18,24,25). The fraction of sp³-hybridized carbons (Fsp3) is 0.125. The molecule has 6 N–H and O–H groups in total. The largest absolute Gasteiger partial charge is 0.506 e. The Morgan fingerprint density at radius 3 is 2.48 bits per heavy atom. The van der Waals surface area contributed by atoms with Crippen LogP contribution in [0.1, 0.15) is 16.7 Å². The molecular weight excluding hydrogens is 444 g/mol. The van der Waals surface area contributed by atoms with Gasteiger partial charge in [-0.25, -0.2) is 14.2 Å². The van der Waals surface area contributed by atoms with Gasteiger partial charge in [0.25, 0.3) is 10.2 Å². The number of nitrogens with one attached hydrogen (secondary N) is 2. The lowest BCUT2D eigenvalue weighted by Crippen LogP contribution is -2.29. The molecule has 0 fully saturated rings. The minimum atomic E-state index is -4.05. The highest BCUT2D eigenvalue weighted by Gasteiger charge is 2.30. The molecule has 13 heteroatoms. The van der Waals surface area contributed by atoms with Crippen molar-refractivity contribution in [3.8, 4) is 5.75 Å². The van der Waals surface area contributed by atoms with E-state index in [4.69, 9.17) is 16.7 Å². The summed E-state index contributed by atoms with van der Waals surface area (Å²) in [4.78, 5) is 0. The summed E-state index contributed by atoms with van der Waals surface area (Å²) in [6, 6.07) is 7.35. The average Bonchev–Trinajstić information content (AvgIpc) is 2.82. The number of phenols is 1. The highest BCUT2D eigenvalue weighted by Crippen LogP contribution is 2.34. The minimum absolute atomic E-state index is 0.0736. The van der Waals surface area contributed by atoms with Gasteiger partial charge in [0.05, 0.1) is 11.9 Å². The van der Waals surface area contributed by atoms with Crippen molar-refractivity contribution in [2.24, 2.45) is 5.14 Å². The molecule has 0 radical (unpaired) electrons. The van der Waals surface area contributed by atoms with Crippen molar-refractivity contribution < 1.29 is 27.0 Å². The van der Waals surface area contributed by atoms with E-state index in [9.17, 15) is 27.0 Å². The lowest BCUT2D eigenvalue weighted by Gasteiger charge is -2.17. The number of aryl methyl sites for hydroxylation is 1. The summed E-state index contributed by atoms with van der Waals surface area (Å²) in [5, 5.41) is 25.2. The van der Waals surface area contributed by atoms with Gasteiger partial charge in [0.2, 0.25) is 5.88 Å². The van der Waals surface area contributed by atoms with Gasteiger partial charge in [-0.2, -0.15) is 16.8 Å². The van der Waals surface area contributed by atoms with Crippen molar-refractivity contribution in [2.75, 3.05) is 9.03 Å². The van der Waals surface area contributed by atoms with Crippen LogP contribution in [0.4, 0.5) is 11.4 Å². The van der Waals surface area contributed by atoms with Crippen LogP contribution in [0.3, 0.4) is 0 Å². The maximum atomic E-state index is 12.0. The summed E-state index contributed by atoms with van der Waals surface area (Å²) in [6.45, 7) is 1.66. The van der Waals surface area contributed by atoms with E-state index in [2.05, 4.69) is 4.72 Å². The first-order valence-electron chi connectivity index (χ1n) is 8.00. The van der Waals surface area contributed by atoms with Crippen molar-refractivity contribution in [1.29, 1.82) is 0 Å². The smallest absolute Gasteiger partial charge is 0.330 e. The highest BCUT2D eigenvalue weighted by molar-refractivity contribution is 7.91. The fourth-order valence-corrected chi connectivity index (χ4v) is 4.85. The Morgan fingerprint density at radius 1 is 1.24 bits per heavy atom. The molecule has 3 rings (SSSR count). The number of aliphatic hydroxyl groups excluding tert-OH is 1. The molecule has 0 atom stereocenters. The highest BCUT2D eigenvalue weighted by atomic mass is 35.5. The number of phenolic OH excluding ortho intramolecular Hbond substituents is 1. The molecule has 1 heterocycles. The molecule has 2 aromatic carbocycles. The van der Waals surface area contributed by atoms with E-state index in [-0.39, 0.29) is 23.5 Å². The van der Waals surface area contributed by atoms with Crippen LogP contribution in [0.15, 0.2) is 42.4 Å². The molecule has 0 unspecified atom stereocenters. The van der Waals surface area contributed by atoms with Gasteiger partial charge >= 0.3 is 10.2 Å². The summed E-state index contributed by atoms with van der Waals surface area (Å²) in [5.74, 6) is -0.944. The van der Waals surface area contributed by atoms with Crippen LogP contribution < -0.4 is 18.9 Å².